The highest BCUT2D eigenvalue weighted by Gasteiger charge is 2.20. The molecule has 0 spiro atoms. The van der Waals surface area contributed by atoms with Gasteiger partial charge in [0.1, 0.15) is 5.69 Å². The molecular weight excluding hydrogens is 258 g/mol. The second kappa shape index (κ2) is 5.24. The number of aromatic amines is 1. The Morgan fingerprint density at radius 2 is 1.70 bits per heavy atom. The fourth-order valence-electron chi connectivity index (χ4n) is 2.10. The first-order valence-corrected chi connectivity index (χ1v) is 6.44. The minimum atomic E-state index is -0.191. The zero-order valence-electron chi connectivity index (χ0n) is 11.2. The minimum Gasteiger partial charge on any atom is -0.337 e. The summed E-state index contributed by atoms with van der Waals surface area (Å²) in [6.07, 6.45) is 3.47. The third-order valence-corrected chi connectivity index (χ3v) is 3.26. The third kappa shape index (κ3) is 2.44. The molecule has 1 fully saturated rings. The molecule has 1 aliphatic heterocycles. The van der Waals surface area contributed by atoms with Gasteiger partial charge in [-0.3, -0.25) is 9.78 Å². The highest BCUT2D eigenvalue weighted by atomic mass is 16.1. The number of aryl methyl sites for hydroxylation is 1. The van der Waals surface area contributed by atoms with Crippen LogP contribution in [0.25, 0.3) is 0 Å². The van der Waals surface area contributed by atoms with Gasteiger partial charge in [-0.05, 0) is 13.0 Å². The van der Waals surface area contributed by atoms with E-state index >= 15 is 0 Å². The van der Waals surface area contributed by atoms with Crippen LogP contribution in [0, 0.1) is 6.92 Å². The molecule has 3 rings (SSSR count). The molecule has 2 aromatic heterocycles. The molecule has 0 amide bonds. The van der Waals surface area contributed by atoms with E-state index in [0.29, 0.717) is 11.6 Å². The number of nitrogens with one attached hydrogen (secondary N) is 1. The molecule has 0 radical (unpaired) electrons. The van der Waals surface area contributed by atoms with Crippen LogP contribution in [-0.4, -0.2) is 51.3 Å². The van der Waals surface area contributed by atoms with Crippen LogP contribution in [0.5, 0.6) is 0 Å². The monoisotopic (exact) mass is 273 g/mol. The van der Waals surface area contributed by atoms with Crippen LogP contribution in [0.4, 0.5) is 11.9 Å². The lowest BCUT2D eigenvalue weighted by Crippen LogP contribution is -2.48. The molecule has 1 aliphatic rings. The lowest BCUT2D eigenvalue weighted by Gasteiger charge is -2.34. The smallest absolute Gasteiger partial charge is 0.273 e. The van der Waals surface area contributed by atoms with E-state index in [1.807, 2.05) is 4.90 Å². The first-order chi connectivity index (χ1) is 9.74. The van der Waals surface area contributed by atoms with Crippen LogP contribution in [0.2, 0.25) is 0 Å². The maximum atomic E-state index is 11.6. The molecule has 1 saturated heterocycles. The number of rotatable bonds is 2. The molecule has 2 aromatic rings. The summed E-state index contributed by atoms with van der Waals surface area (Å²) in [4.78, 5) is 26.9. The van der Waals surface area contributed by atoms with Crippen molar-refractivity contribution in [3.63, 3.8) is 0 Å². The molecule has 1 N–H and O–H groups in total. The average Bonchev–Trinajstić information content (AvgIpc) is 2.51. The fourth-order valence-corrected chi connectivity index (χ4v) is 2.10. The average molecular weight is 273 g/mol. The Labute approximate surface area is 115 Å². The number of nitrogens with zero attached hydrogens (tertiary/aromatic N) is 6. The van der Waals surface area contributed by atoms with E-state index in [4.69, 9.17) is 0 Å². The standard InChI is InChI=1S/C12H15N7O/c1-9-10(20)15-12(17-16-9)19-7-5-18(6-8-19)11-13-3-2-4-14-11/h2-4H,5-8H2,1H3,(H,15,17,20). The predicted octanol–water partition coefficient (Wildman–Crippen LogP) is -0.410. The van der Waals surface area contributed by atoms with Crippen LogP contribution in [0.1, 0.15) is 5.69 Å². The van der Waals surface area contributed by atoms with E-state index < -0.39 is 0 Å². The van der Waals surface area contributed by atoms with Crippen molar-refractivity contribution in [1.82, 2.24) is 25.1 Å². The Bertz CT molecular complexity index is 634. The molecule has 20 heavy (non-hydrogen) atoms. The highest BCUT2D eigenvalue weighted by molar-refractivity contribution is 5.36. The van der Waals surface area contributed by atoms with E-state index in [2.05, 4.69) is 30.0 Å². The SMILES string of the molecule is Cc1nnc(N2CCN(c3ncccn3)CC2)[nH]c1=O. The molecular formula is C12H15N7O. The normalized spacial score (nSPS) is 15.4. The Morgan fingerprint density at radius 1 is 1.05 bits per heavy atom. The van der Waals surface area contributed by atoms with Gasteiger partial charge < -0.3 is 9.80 Å². The molecule has 0 aliphatic carbocycles. The van der Waals surface area contributed by atoms with E-state index in [0.717, 1.165) is 32.1 Å². The quantitative estimate of drug-likeness (QED) is 0.795. The lowest BCUT2D eigenvalue weighted by atomic mass is 10.3. The van der Waals surface area contributed by atoms with Gasteiger partial charge in [0.15, 0.2) is 0 Å². The van der Waals surface area contributed by atoms with Crippen molar-refractivity contribution in [2.24, 2.45) is 0 Å². The van der Waals surface area contributed by atoms with Crippen LogP contribution < -0.4 is 15.4 Å². The van der Waals surface area contributed by atoms with E-state index in [-0.39, 0.29) is 5.56 Å². The first-order valence-electron chi connectivity index (χ1n) is 6.44. The van der Waals surface area contributed by atoms with Crippen molar-refractivity contribution >= 4 is 11.9 Å². The molecule has 0 atom stereocenters. The van der Waals surface area contributed by atoms with Crippen LogP contribution in [0.15, 0.2) is 23.3 Å². The van der Waals surface area contributed by atoms with Gasteiger partial charge in [-0.1, -0.05) is 0 Å². The maximum Gasteiger partial charge on any atom is 0.273 e. The van der Waals surface area contributed by atoms with Gasteiger partial charge in [0, 0.05) is 38.6 Å². The third-order valence-electron chi connectivity index (χ3n) is 3.26. The second-order valence-electron chi connectivity index (χ2n) is 4.59. The minimum absolute atomic E-state index is 0.191. The zero-order valence-corrected chi connectivity index (χ0v) is 11.2. The van der Waals surface area contributed by atoms with Crippen molar-refractivity contribution < 1.29 is 0 Å². The Kier molecular flexibility index (Phi) is 3.28. The van der Waals surface area contributed by atoms with Crippen LogP contribution >= 0.6 is 0 Å². The number of H-pyrrole nitrogens is 1. The van der Waals surface area contributed by atoms with Gasteiger partial charge in [-0.2, -0.15) is 0 Å². The summed E-state index contributed by atoms with van der Waals surface area (Å²) in [5.41, 5.74) is 0.189. The van der Waals surface area contributed by atoms with Crippen molar-refractivity contribution in [3.8, 4) is 0 Å². The summed E-state index contributed by atoms with van der Waals surface area (Å²) in [6, 6.07) is 1.80. The molecule has 8 heteroatoms. The van der Waals surface area contributed by atoms with E-state index in [1.165, 1.54) is 0 Å². The maximum absolute atomic E-state index is 11.6. The topological polar surface area (TPSA) is 90.9 Å². The molecule has 0 saturated carbocycles. The van der Waals surface area contributed by atoms with E-state index in [9.17, 15) is 4.79 Å². The van der Waals surface area contributed by atoms with Gasteiger partial charge in [-0.15, -0.1) is 10.2 Å². The number of hydrogen-bond donors (Lipinski definition) is 1. The van der Waals surface area contributed by atoms with Crippen molar-refractivity contribution in [1.29, 1.82) is 0 Å². The first kappa shape index (κ1) is 12.5. The van der Waals surface area contributed by atoms with Gasteiger partial charge in [0.2, 0.25) is 11.9 Å². The summed E-state index contributed by atoms with van der Waals surface area (Å²) in [5.74, 6) is 1.25. The van der Waals surface area contributed by atoms with Crippen molar-refractivity contribution in [3.05, 3.63) is 34.5 Å². The highest BCUT2D eigenvalue weighted by Crippen LogP contribution is 2.12. The van der Waals surface area contributed by atoms with Crippen molar-refractivity contribution in [2.45, 2.75) is 6.92 Å². The van der Waals surface area contributed by atoms with Gasteiger partial charge in [-0.25, -0.2) is 9.97 Å². The summed E-state index contributed by atoms with van der Waals surface area (Å²) in [6.45, 7) is 4.68. The Hall–Kier alpha value is -2.51. The number of hydrogen-bond acceptors (Lipinski definition) is 7. The lowest BCUT2D eigenvalue weighted by molar-refractivity contribution is 0.621. The Morgan fingerprint density at radius 3 is 2.35 bits per heavy atom. The summed E-state index contributed by atoms with van der Waals surface area (Å²) in [5, 5.41) is 7.89. The summed E-state index contributed by atoms with van der Waals surface area (Å²) >= 11 is 0. The van der Waals surface area contributed by atoms with Crippen LogP contribution in [-0.2, 0) is 0 Å². The zero-order chi connectivity index (χ0) is 13.9. The summed E-state index contributed by atoms with van der Waals surface area (Å²) < 4.78 is 0. The van der Waals surface area contributed by atoms with E-state index in [1.54, 1.807) is 25.4 Å². The largest absolute Gasteiger partial charge is 0.337 e. The molecule has 0 aromatic carbocycles. The molecule has 0 bridgehead atoms. The van der Waals surface area contributed by atoms with Crippen molar-refractivity contribution in [2.75, 3.05) is 36.0 Å². The Balaban J connectivity index is 1.69. The van der Waals surface area contributed by atoms with Crippen LogP contribution in [0.3, 0.4) is 0 Å². The molecule has 104 valence electrons. The molecule has 3 heterocycles. The molecule has 8 nitrogen and oxygen atoms in total. The fraction of sp³-hybridized carbons (Fsp3) is 0.417. The predicted molar refractivity (Wildman–Crippen MR) is 73.8 cm³/mol. The number of anilines is 2. The van der Waals surface area contributed by atoms with Gasteiger partial charge in [0.25, 0.3) is 5.56 Å². The number of piperazine rings is 1. The summed E-state index contributed by atoms with van der Waals surface area (Å²) in [7, 11) is 0. The second-order valence-corrected chi connectivity index (χ2v) is 4.59. The van der Waals surface area contributed by atoms with Gasteiger partial charge >= 0.3 is 0 Å². The number of aromatic nitrogens is 5. The molecule has 0 unspecified atom stereocenters. The van der Waals surface area contributed by atoms with Gasteiger partial charge in [0.05, 0.1) is 0 Å².